The first kappa shape index (κ1) is 8.45. The third kappa shape index (κ3) is 0.983. The number of piperidine rings is 1. The molecule has 0 radical (unpaired) electrons. The van der Waals surface area contributed by atoms with Crippen LogP contribution in [0.15, 0.2) is 24.3 Å². The van der Waals surface area contributed by atoms with Crippen LogP contribution in [0.25, 0.3) is 0 Å². The molecule has 1 aromatic rings. The first-order chi connectivity index (χ1) is 6.87. The van der Waals surface area contributed by atoms with Crippen LogP contribution in [0.1, 0.15) is 17.5 Å². The predicted octanol–water partition coefficient (Wildman–Crippen LogP) is 1.01. The van der Waals surface area contributed by atoms with Crippen molar-refractivity contribution in [3.05, 3.63) is 35.4 Å². The van der Waals surface area contributed by atoms with E-state index < -0.39 is 0 Å². The van der Waals surface area contributed by atoms with Crippen molar-refractivity contribution in [2.45, 2.75) is 18.4 Å². The van der Waals surface area contributed by atoms with Crippen LogP contribution >= 0.6 is 0 Å². The van der Waals surface area contributed by atoms with Crippen LogP contribution < -0.4 is 11.1 Å². The van der Waals surface area contributed by atoms with E-state index in [1.807, 2.05) is 0 Å². The summed E-state index contributed by atoms with van der Waals surface area (Å²) in [5.74, 6) is 0.871. The number of hydrogen-bond donors (Lipinski definition) is 2. The molecular weight excluding hydrogens is 172 g/mol. The molecule has 2 fully saturated rings. The summed E-state index contributed by atoms with van der Waals surface area (Å²) in [7, 11) is 0. The summed E-state index contributed by atoms with van der Waals surface area (Å²) in [6.07, 6.45) is 1.36. The lowest BCUT2D eigenvalue weighted by atomic mass is 9.90. The Hall–Kier alpha value is -0.860. The maximum atomic E-state index is 5.78. The van der Waals surface area contributed by atoms with Crippen LogP contribution in [0.3, 0.4) is 0 Å². The van der Waals surface area contributed by atoms with Gasteiger partial charge in [-0.1, -0.05) is 24.3 Å². The Labute approximate surface area is 84.5 Å². The van der Waals surface area contributed by atoms with Gasteiger partial charge in [0.25, 0.3) is 0 Å². The lowest BCUT2D eigenvalue weighted by molar-refractivity contribution is 0.668. The molecule has 14 heavy (non-hydrogen) atoms. The minimum absolute atomic E-state index is 0.454. The Balaban J connectivity index is 2.04. The summed E-state index contributed by atoms with van der Waals surface area (Å²) in [6.45, 7) is 3.01. The van der Waals surface area contributed by atoms with E-state index in [-0.39, 0.29) is 0 Å². The molecule has 2 aliphatic rings. The molecule has 2 heteroatoms. The van der Waals surface area contributed by atoms with Gasteiger partial charge in [-0.25, -0.2) is 0 Å². The molecule has 0 amide bonds. The number of nitrogens with one attached hydrogen (secondary N) is 1. The Morgan fingerprint density at radius 2 is 2.29 bits per heavy atom. The molecule has 0 spiro atoms. The maximum Gasteiger partial charge on any atom is 0.0181 e. The van der Waals surface area contributed by atoms with Crippen LogP contribution in [0.4, 0.5) is 0 Å². The number of fused-ring (bicyclic) bond motifs is 1. The van der Waals surface area contributed by atoms with E-state index in [9.17, 15) is 0 Å². The highest BCUT2D eigenvalue weighted by Gasteiger charge is 2.58. The summed E-state index contributed by atoms with van der Waals surface area (Å²) in [5, 5.41) is 3.47. The third-order valence-electron chi connectivity index (χ3n) is 3.84. The highest BCUT2D eigenvalue weighted by atomic mass is 15.0. The van der Waals surface area contributed by atoms with Crippen LogP contribution in [0.2, 0.25) is 0 Å². The topological polar surface area (TPSA) is 38.0 Å². The lowest BCUT2D eigenvalue weighted by Crippen LogP contribution is -2.21. The normalized spacial score (nSPS) is 34.2. The van der Waals surface area contributed by atoms with Crippen molar-refractivity contribution < 1.29 is 0 Å². The highest BCUT2D eigenvalue weighted by Crippen LogP contribution is 2.57. The van der Waals surface area contributed by atoms with Crippen molar-refractivity contribution in [3.63, 3.8) is 0 Å². The Kier molecular flexibility index (Phi) is 1.70. The molecule has 2 nitrogen and oxygen atoms in total. The van der Waals surface area contributed by atoms with Gasteiger partial charge in [-0.15, -0.1) is 0 Å². The van der Waals surface area contributed by atoms with Gasteiger partial charge in [0.1, 0.15) is 0 Å². The molecule has 1 aliphatic carbocycles. The molecule has 3 rings (SSSR count). The zero-order valence-electron chi connectivity index (χ0n) is 8.29. The zero-order valence-corrected chi connectivity index (χ0v) is 8.29. The summed E-state index contributed by atoms with van der Waals surface area (Å²) in [4.78, 5) is 0. The molecule has 2 unspecified atom stereocenters. The van der Waals surface area contributed by atoms with E-state index in [0.29, 0.717) is 12.0 Å². The minimum Gasteiger partial charge on any atom is -0.326 e. The van der Waals surface area contributed by atoms with Crippen LogP contribution in [-0.4, -0.2) is 13.1 Å². The van der Waals surface area contributed by atoms with E-state index in [1.165, 1.54) is 24.1 Å². The fourth-order valence-electron chi connectivity index (χ4n) is 2.94. The van der Waals surface area contributed by atoms with Gasteiger partial charge in [0.05, 0.1) is 0 Å². The third-order valence-corrected chi connectivity index (χ3v) is 3.84. The number of hydrogen-bond acceptors (Lipinski definition) is 2. The van der Waals surface area contributed by atoms with Crippen LogP contribution in [-0.2, 0) is 12.0 Å². The molecule has 0 aromatic heterocycles. The standard InChI is InChI=1S/C12H16N2/c13-6-9-3-1-2-4-11(9)12-5-10(12)7-14-8-12/h1-4,10,14H,5-8,13H2. The quantitative estimate of drug-likeness (QED) is 0.727. The van der Waals surface area contributed by atoms with Crippen LogP contribution in [0, 0.1) is 5.92 Å². The molecule has 1 saturated heterocycles. The van der Waals surface area contributed by atoms with E-state index >= 15 is 0 Å². The number of benzene rings is 1. The lowest BCUT2D eigenvalue weighted by Gasteiger charge is -2.16. The largest absolute Gasteiger partial charge is 0.326 e. The minimum atomic E-state index is 0.454. The second-order valence-corrected chi connectivity index (χ2v) is 4.55. The van der Waals surface area contributed by atoms with Gasteiger partial charge in [0.2, 0.25) is 0 Å². The first-order valence-corrected chi connectivity index (χ1v) is 5.36. The second-order valence-electron chi connectivity index (χ2n) is 4.55. The van der Waals surface area contributed by atoms with Gasteiger partial charge in [0.15, 0.2) is 0 Å². The van der Waals surface area contributed by atoms with E-state index in [0.717, 1.165) is 12.5 Å². The van der Waals surface area contributed by atoms with E-state index in [1.54, 1.807) is 0 Å². The summed E-state index contributed by atoms with van der Waals surface area (Å²) >= 11 is 0. The fourth-order valence-corrected chi connectivity index (χ4v) is 2.94. The molecule has 3 N–H and O–H groups in total. The van der Waals surface area contributed by atoms with Gasteiger partial charge >= 0.3 is 0 Å². The Morgan fingerprint density at radius 1 is 1.43 bits per heavy atom. The highest BCUT2D eigenvalue weighted by molar-refractivity contribution is 5.42. The van der Waals surface area contributed by atoms with Crippen molar-refractivity contribution in [1.82, 2.24) is 5.32 Å². The molecule has 1 saturated carbocycles. The molecule has 1 heterocycles. The number of nitrogens with two attached hydrogens (primary N) is 1. The molecular formula is C12H16N2. The summed E-state index contributed by atoms with van der Waals surface area (Å²) in [5.41, 5.74) is 9.06. The van der Waals surface area contributed by atoms with Gasteiger partial charge < -0.3 is 11.1 Å². The maximum absolute atomic E-state index is 5.78. The average molecular weight is 188 g/mol. The monoisotopic (exact) mass is 188 g/mol. The molecule has 2 atom stereocenters. The van der Waals surface area contributed by atoms with E-state index in [4.69, 9.17) is 5.73 Å². The first-order valence-electron chi connectivity index (χ1n) is 5.36. The van der Waals surface area contributed by atoms with Gasteiger partial charge in [-0.05, 0) is 30.0 Å². The van der Waals surface area contributed by atoms with Gasteiger partial charge in [-0.2, -0.15) is 0 Å². The average Bonchev–Trinajstić information content (AvgIpc) is 2.82. The van der Waals surface area contributed by atoms with Crippen molar-refractivity contribution in [3.8, 4) is 0 Å². The van der Waals surface area contributed by atoms with Crippen molar-refractivity contribution in [2.75, 3.05) is 13.1 Å². The van der Waals surface area contributed by atoms with Gasteiger partial charge in [-0.3, -0.25) is 0 Å². The fraction of sp³-hybridized carbons (Fsp3) is 0.500. The molecule has 74 valence electrons. The Bertz CT molecular complexity index is 361. The molecule has 1 aliphatic heterocycles. The van der Waals surface area contributed by atoms with Crippen molar-refractivity contribution in [2.24, 2.45) is 11.7 Å². The smallest absolute Gasteiger partial charge is 0.0181 e. The summed E-state index contributed by atoms with van der Waals surface area (Å²) in [6, 6.07) is 8.64. The van der Waals surface area contributed by atoms with Crippen molar-refractivity contribution >= 4 is 0 Å². The molecule has 1 aromatic carbocycles. The zero-order chi connectivity index (χ0) is 9.60. The molecule has 0 bridgehead atoms. The van der Waals surface area contributed by atoms with Crippen LogP contribution in [0.5, 0.6) is 0 Å². The second kappa shape index (κ2) is 2.81. The SMILES string of the molecule is NCc1ccccc1C12CNCC1C2. The Morgan fingerprint density at radius 3 is 2.93 bits per heavy atom. The predicted molar refractivity (Wildman–Crippen MR) is 57.0 cm³/mol. The van der Waals surface area contributed by atoms with E-state index in [2.05, 4.69) is 29.6 Å². The number of rotatable bonds is 2. The summed E-state index contributed by atoms with van der Waals surface area (Å²) < 4.78 is 0. The van der Waals surface area contributed by atoms with Gasteiger partial charge in [0, 0.05) is 18.5 Å². The van der Waals surface area contributed by atoms with Crippen molar-refractivity contribution in [1.29, 1.82) is 0 Å².